The largest absolute Gasteiger partial charge is 0.138 e. The van der Waals surface area contributed by atoms with Crippen molar-refractivity contribution in [3.63, 3.8) is 0 Å². The fourth-order valence-electron chi connectivity index (χ4n) is 1.45. The first-order valence-electron chi connectivity index (χ1n) is 7.10. The van der Waals surface area contributed by atoms with Crippen LogP contribution in [0.2, 0.25) is 37.8 Å². The van der Waals surface area contributed by atoms with Gasteiger partial charge in [0.1, 0.15) is 16.1 Å². The first-order valence-corrected chi connectivity index (χ1v) is 13.6. The van der Waals surface area contributed by atoms with Gasteiger partial charge in [-0.15, -0.1) is 11.1 Å². The molecule has 0 atom stereocenters. The highest BCUT2D eigenvalue weighted by Gasteiger charge is 2.40. The minimum Gasteiger partial charge on any atom is -0.127 e. The van der Waals surface area contributed by atoms with E-state index >= 15 is 0 Å². The Bertz CT molecular complexity index is 438. The normalized spacial score (nSPS) is 12.9. The minimum absolute atomic E-state index is 0.331. The highest BCUT2D eigenvalue weighted by atomic mass is 28.3. The molecule has 0 N–H and O–H groups in total. The average Bonchev–Trinajstić information content (AvgIpc) is 2.21. The van der Waals surface area contributed by atoms with Crippen molar-refractivity contribution in [1.82, 2.24) is 0 Å². The van der Waals surface area contributed by atoms with Crippen LogP contribution in [0.4, 0.5) is 0 Å². The molecule has 2 heteroatoms. The fourth-order valence-corrected chi connectivity index (χ4v) is 4.17. The average molecular weight is 291 g/mol. The van der Waals surface area contributed by atoms with Crippen molar-refractivity contribution in [3.8, 4) is 22.9 Å². The molecule has 19 heavy (non-hydrogen) atoms. The van der Waals surface area contributed by atoms with Crippen LogP contribution in [0.5, 0.6) is 0 Å². The molecule has 0 aromatic carbocycles. The van der Waals surface area contributed by atoms with Crippen LogP contribution < -0.4 is 0 Å². The third kappa shape index (κ3) is 6.32. The molecule has 0 aliphatic heterocycles. The van der Waals surface area contributed by atoms with Crippen molar-refractivity contribution in [3.05, 3.63) is 12.2 Å². The highest BCUT2D eigenvalue weighted by molar-refractivity contribution is 6.87. The van der Waals surface area contributed by atoms with E-state index in [1.807, 2.05) is 12.2 Å². The Kier molecular flexibility index (Phi) is 6.39. The van der Waals surface area contributed by atoms with E-state index in [1.165, 1.54) is 0 Å². The third-order valence-corrected chi connectivity index (χ3v) is 9.60. The molecule has 0 amide bonds. The van der Waals surface area contributed by atoms with Gasteiger partial charge in [-0.05, 0) is 23.1 Å². The van der Waals surface area contributed by atoms with E-state index in [4.69, 9.17) is 0 Å². The first kappa shape index (κ1) is 18.3. The molecule has 0 heterocycles. The maximum atomic E-state index is 3.52. The Labute approximate surface area is 123 Å². The summed E-state index contributed by atoms with van der Waals surface area (Å²) in [5.74, 6) is 7.00. The molecular formula is C17H30Si2. The summed E-state index contributed by atoms with van der Waals surface area (Å²) in [5, 5.41) is 0.331. The lowest BCUT2D eigenvalue weighted by molar-refractivity contribution is 0.462. The van der Waals surface area contributed by atoms with Crippen molar-refractivity contribution < 1.29 is 0 Å². The van der Waals surface area contributed by atoms with E-state index in [1.54, 1.807) is 0 Å². The summed E-state index contributed by atoms with van der Waals surface area (Å²) < 4.78 is 0. The predicted octanol–water partition coefficient (Wildman–Crippen LogP) is 5.11. The molecule has 0 unspecified atom stereocenters. The van der Waals surface area contributed by atoms with Gasteiger partial charge in [-0.2, -0.15) is 0 Å². The van der Waals surface area contributed by atoms with Crippen LogP contribution in [0.1, 0.15) is 27.7 Å². The molecule has 0 aliphatic rings. The van der Waals surface area contributed by atoms with Crippen LogP contribution in [-0.4, -0.2) is 16.1 Å². The standard InChI is InChI=1S/C17H30Si2/c1-16(2)17(3,4)19(8,9)15-13-11-10-12-14-18(5,6)7/h10-11,16H,1-9H3/b11-10-. The molecular weight excluding hydrogens is 260 g/mol. The lowest BCUT2D eigenvalue weighted by Crippen LogP contribution is -2.41. The zero-order chi connectivity index (χ0) is 15.3. The van der Waals surface area contributed by atoms with Crippen LogP contribution >= 0.6 is 0 Å². The van der Waals surface area contributed by atoms with Crippen molar-refractivity contribution in [2.24, 2.45) is 5.92 Å². The molecule has 0 rings (SSSR count). The van der Waals surface area contributed by atoms with Gasteiger partial charge in [0.15, 0.2) is 0 Å². The van der Waals surface area contributed by atoms with Gasteiger partial charge >= 0.3 is 0 Å². The van der Waals surface area contributed by atoms with E-state index in [0.717, 1.165) is 0 Å². The third-order valence-electron chi connectivity index (χ3n) is 4.14. The summed E-state index contributed by atoms with van der Waals surface area (Å²) >= 11 is 0. The summed E-state index contributed by atoms with van der Waals surface area (Å²) in [7, 11) is -2.79. The zero-order valence-electron chi connectivity index (χ0n) is 14.2. The Morgan fingerprint density at radius 3 is 1.63 bits per heavy atom. The number of hydrogen-bond acceptors (Lipinski definition) is 0. The summed E-state index contributed by atoms with van der Waals surface area (Å²) in [6, 6.07) is 0. The Balaban J connectivity index is 4.84. The second-order valence-electron chi connectivity index (χ2n) is 7.62. The van der Waals surface area contributed by atoms with Gasteiger partial charge in [0.2, 0.25) is 0 Å². The van der Waals surface area contributed by atoms with Crippen LogP contribution in [0.15, 0.2) is 12.2 Å². The van der Waals surface area contributed by atoms with Crippen molar-refractivity contribution in [2.45, 2.75) is 65.5 Å². The summed E-state index contributed by atoms with van der Waals surface area (Å²) in [6.07, 6.45) is 3.82. The predicted molar refractivity (Wildman–Crippen MR) is 94.4 cm³/mol. The molecule has 0 aromatic heterocycles. The fraction of sp³-hybridized carbons (Fsp3) is 0.647. The van der Waals surface area contributed by atoms with Gasteiger partial charge in [-0.3, -0.25) is 0 Å². The zero-order valence-corrected chi connectivity index (χ0v) is 16.2. The molecule has 0 spiro atoms. The molecule has 0 bridgehead atoms. The van der Waals surface area contributed by atoms with Gasteiger partial charge in [0, 0.05) is 0 Å². The smallest absolute Gasteiger partial charge is 0.127 e. The molecule has 0 fully saturated rings. The number of allylic oxidation sites excluding steroid dienone is 2. The minimum atomic E-state index is -1.54. The monoisotopic (exact) mass is 290 g/mol. The van der Waals surface area contributed by atoms with E-state index in [9.17, 15) is 0 Å². The van der Waals surface area contributed by atoms with Crippen LogP contribution in [0.3, 0.4) is 0 Å². The van der Waals surface area contributed by atoms with E-state index in [2.05, 4.69) is 83.4 Å². The lowest BCUT2D eigenvalue weighted by atomic mass is 9.99. The molecule has 0 radical (unpaired) electrons. The second-order valence-corrected chi connectivity index (χ2v) is 17.2. The summed E-state index contributed by atoms with van der Waals surface area (Å²) in [5.41, 5.74) is 6.84. The van der Waals surface area contributed by atoms with Crippen molar-refractivity contribution >= 4 is 16.1 Å². The Morgan fingerprint density at radius 2 is 1.26 bits per heavy atom. The molecule has 0 saturated carbocycles. The summed E-state index contributed by atoms with van der Waals surface area (Å²) in [6.45, 7) is 20.8. The quantitative estimate of drug-likeness (QED) is 0.489. The molecule has 0 aromatic rings. The van der Waals surface area contributed by atoms with Gasteiger partial charge in [0.05, 0.1) is 0 Å². The maximum Gasteiger partial charge on any atom is 0.138 e. The van der Waals surface area contributed by atoms with Crippen LogP contribution in [0, 0.1) is 28.8 Å². The van der Waals surface area contributed by atoms with Gasteiger partial charge in [0.25, 0.3) is 0 Å². The first-order chi connectivity index (χ1) is 8.40. The molecule has 106 valence electrons. The number of rotatable bonds is 2. The number of hydrogen-bond donors (Lipinski definition) is 0. The summed E-state index contributed by atoms with van der Waals surface area (Å²) in [4.78, 5) is 0. The Hall–Kier alpha value is -0.706. The van der Waals surface area contributed by atoms with Crippen LogP contribution in [0.25, 0.3) is 0 Å². The molecule has 0 nitrogen and oxygen atoms in total. The van der Waals surface area contributed by atoms with E-state index < -0.39 is 16.1 Å². The molecule has 0 saturated heterocycles. The van der Waals surface area contributed by atoms with Crippen molar-refractivity contribution in [1.29, 1.82) is 0 Å². The van der Waals surface area contributed by atoms with Crippen LogP contribution in [-0.2, 0) is 0 Å². The SMILES string of the molecule is CC(C)C(C)(C)[Si](C)(C)C#C/C=C\C#C[Si](C)(C)C. The lowest BCUT2D eigenvalue weighted by Gasteiger charge is -2.39. The highest BCUT2D eigenvalue weighted by Crippen LogP contribution is 2.43. The molecule has 0 aliphatic carbocycles. The second kappa shape index (κ2) is 6.64. The maximum absolute atomic E-state index is 3.52. The van der Waals surface area contributed by atoms with Gasteiger partial charge in [-0.1, -0.05) is 72.3 Å². The topological polar surface area (TPSA) is 0 Å². The van der Waals surface area contributed by atoms with E-state index in [-0.39, 0.29) is 0 Å². The van der Waals surface area contributed by atoms with Gasteiger partial charge in [-0.25, -0.2) is 0 Å². The Morgan fingerprint density at radius 1 is 0.842 bits per heavy atom. The van der Waals surface area contributed by atoms with E-state index in [0.29, 0.717) is 11.0 Å². The van der Waals surface area contributed by atoms with Crippen molar-refractivity contribution in [2.75, 3.05) is 0 Å². The van der Waals surface area contributed by atoms with Gasteiger partial charge < -0.3 is 0 Å².